The van der Waals surface area contributed by atoms with Crippen LogP contribution in [0.2, 0.25) is 5.02 Å². The second kappa shape index (κ2) is 8.48. The van der Waals surface area contributed by atoms with E-state index in [1.165, 1.54) is 19.3 Å². The number of aliphatic hydroxyl groups excluding tert-OH is 1. The summed E-state index contributed by atoms with van der Waals surface area (Å²) < 4.78 is 0. The third kappa shape index (κ3) is 4.94. The molecule has 0 aromatic heterocycles. The Morgan fingerprint density at radius 2 is 1.42 bits per heavy atom. The van der Waals surface area contributed by atoms with Gasteiger partial charge in [-0.1, -0.05) is 66.6 Å². The van der Waals surface area contributed by atoms with Crippen LogP contribution in [0.1, 0.15) is 42.1 Å². The van der Waals surface area contributed by atoms with Crippen molar-refractivity contribution in [3.63, 3.8) is 0 Å². The molecule has 1 atom stereocenters. The second-order valence-corrected chi connectivity index (χ2v) is 6.87. The molecule has 126 valence electrons. The number of hydrogen-bond acceptors (Lipinski definition) is 2. The summed E-state index contributed by atoms with van der Waals surface area (Å²) in [5.41, 5.74) is 3.23. The van der Waals surface area contributed by atoms with Gasteiger partial charge < -0.3 is 10.0 Å². The van der Waals surface area contributed by atoms with Crippen LogP contribution in [0.15, 0.2) is 48.5 Å². The summed E-state index contributed by atoms with van der Waals surface area (Å²) in [5.74, 6) is 0. The lowest BCUT2D eigenvalue weighted by atomic mass is 10.0. The first-order valence-corrected chi connectivity index (χ1v) is 9.02. The summed E-state index contributed by atoms with van der Waals surface area (Å²) in [4.78, 5) is 2.36. The molecule has 0 amide bonds. The summed E-state index contributed by atoms with van der Waals surface area (Å²) in [7, 11) is 0. The van der Waals surface area contributed by atoms with Crippen LogP contribution in [0.5, 0.6) is 0 Å². The highest BCUT2D eigenvalue weighted by Crippen LogP contribution is 2.19. The van der Waals surface area contributed by atoms with Gasteiger partial charge in [-0.25, -0.2) is 0 Å². The minimum Gasteiger partial charge on any atom is -0.387 e. The highest BCUT2D eigenvalue weighted by Gasteiger charge is 2.15. The third-order valence-corrected chi connectivity index (χ3v) is 4.79. The van der Waals surface area contributed by atoms with Crippen molar-refractivity contribution in [2.24, 2.45) is 0 Å². The van der Waals surface area contributed by atoms with Gasteiger partial charge in [0, 0.05) is 11.6 Å². The molecule has 0 bridgehead atoms. The number of β-amino-alcohol motifs (C(OH)–C–C–N with tert-alkyl or cyclic N) is 1. The Morgan fingerprint density at radius 1 is 0.875 bits per heavy atom. The summed E-state index contributed by atoms with van der Waals surface area (Å²) >= 11 is 5.89. The van der Waals surface area contributed by atoms with Gasteiger partial charge in [-0.05, 0) is 54.8 Å². The number of halogens is 1. The van der Waals surface area contributed by atoms with Crippen molar-refractivity contribution >= 4 is 23.8 Å². The van der Waals surface area contributed by atoms with E-state index in [0.29, 0.717) is 0 Å². The number of piperidine rings is 1. The van der Waals surface area contributed by atoms with Gasteiger partial charge in [0.15, 0.2) is 0 Å². The fraction of sp³-hybridized carbons (Fsp3) is 0.333. The van der Waals surface area contributed by atoms with Crippen molar-refractivity contribution in [2.45, 2.75) is 25.4 Å². The van der Waals surface area contributed by atoms with Gasteiger partial charge in [-0.2, -0.15) is 0 Å². The Labute approximate surface area is 149 Å². The van der Waals surface area contributed by atoms with E-state index in [1.54, 1.807) is 0 Å². The SMILES string of the molecule is OC(CN1CCCCC1)c1ccc(/C=C/c2ccc(Cl)cc2)cc1. The maximum absolute atomic E-state index is 10.4. The standard InChI is InChI=1S/C21H24ClNO/c22-20-12-8-18(9-13-20)5-4-17-6-10-19(11-7-17)21(24)16-23-14-2-1-3-15-23/h4-13,21,24H,1-3,14-16H2/b5-4+. The first-order chi connectivity index (χ1) is 11.7. The van der Waals surface area contributed by atoms with Gasteiger partial charge in [0.1, 0.15) is 0 Å². The van der Waals surface area contributed by atoms with E-state index in [-0.39, 0.29) is 0 Å². The average Bonchev–Trinajstić information content (AvgIpc) is 2.62. The number of hydrogen-bond donors (Lipinski definition) is 1. The van der Waals surface area contributed by atoms with Crippen molar-refractivity contribution < 1.29 is 5.11 Å². The van der Waals surface area contributed by atoms with E-state index < -0.39 is 6.10 Å². The summed E-state index contributed by atoms with van der Waals surface area (Å²) in [5, 5.41) is 11.2. The number of benzene rings is 2. The zero-order chi connectivity index (χ0) is 16.8. The molecule has 0 aliphatic carbocycles. The van der Waals surface area contributed by atoms with Gasteiger partial charge in [0.05, 0.1) is 6.10 Å². The number of aliphatic hydroxyl groups is 1. The van der Waals surface area contributed by atoms with Crippen molar-refractivity contribution in [1.29, 1.82) is 0 Å². The number of rotatable bonds is 5. The van der Waals surface area contributed by atoms with Gasteiger partial charge in [-0.15, -0.1) is 0 Å². The molecular formula is C21H24ClNO. The Hall–Kier alpha value is -1.61. The molecule has 1 aliphatic rings. The molecule has 1 fully saturated rings. The minimum atomic E-state index is -0.405. The lowest BCUT2D eigenvalue weighted by Crippen LogP contribution is -2.33. The number of nitrogens with zero attached hydrogens (tertiary/aromatic N) is 1. The highest BCUT2D eigenvalue weighted by molar-refractivity contribution is 6.30. The van der Waals surface area contributed by atoms with Crippen LogP contribution in [-0.4, -0.2) is 29.6 Å². The molecule has 1 unspecified atom stereocenters. The molecule has 1 N–H and O–H groups in total. The molecule has 3 heteroatoms. The Morgan fingerprint density at radius 3 is 2.00 bits per heavy atom. The molecule has 2 aromatic rings. The first-order valence-electron chi connectivity index (χ1n) is 8.65. The topological polar surface area (TPSA) is 23.5 Å². The molecule has 0 spiro atoms. The van der Waals surface area contributed by atoms with Crippen LogP contribution < -0.4 is 0 Å². The summed E-state index contributed by atoms with van der Waals surface area (Å²) in [6.45, 7) is 2.96. The predicted molar refractivity (Wildman–Crippen MR) is 102 cm³/mol. The van der Waals surface area contributed by atoms with Crippen molar-refractivity contribution in [2.75, 3.05) is 19.6 Å². The Kier molecular flexibility index (Phi) is 6.08. The lowest BCUT2D eigenvalue weighted by molar-refractivity contribution is 0.101. The molecule has 1 heterocycles. The van der Waals surface area contributed by atoms with Crippen LogP contribution in [-0.2, 0) is 0 Å². The molecule has 2 aromatic carbocycles. The molecule has 1 saturated heterocycles. The van der Waals surface area contributed by atoms with E-state index in [9.17, 15) is 5.11 Å². The predicted octanol–water partition coefficient (Wildman–Crippen LogP) is 5.03. The quantitative estimate of drug-likeness (QED) is 0.771. The zero-order valence-electron chi connectivity index (χ0n) is 13.9. The molecule has 0 saturated carbocycles. The van der Waals surface area contributed by atoms with E-state index in [1.807, 2.05) is 36.4 Å². The minimum absolute atomic E-state index is 0.405. The van der Waals surface area contributed by atoms with Crippen molar-refractivity contribution in [3.8, 4) is 0 Å². The number of likely N-dealkylation sites (tertiary alicyclic amines) is 1. The van der Waals surface area contributed by atoms with Crippen LogP contribution in [0.25, 0.3) is 12.2 Å². The summed E-state index contributed by atoms with van der Waals surface area (Å²) in [6, 6.07) is 15.9. The van der Waals surface area contributed by atoms with Crippen LogP contribution in [0, 0.1) is 0 Å². The fourth-order valence-corrected chi connectivity index (χ4v) is 3.21. The van der Waals surface area contributed by atoms with E-state index >= 15 is 0 Å². The van der Waals surface area contributed by atoms with E-state index in [4.69, 9.17) is 11.6 Å². The highest BCUT2D eigenvalue weighted by atomic mass is 35.5. The van der Waals surface area contributed by atoms with Crippen LogP contribution >= 0.6 is 11.6 Å². The van der Waals surface area contributed by atoms with Crippen molar-refractivity contribution in [3.05, 3.63) is 70.2 Å². The smallest absolute Gasteiger partial charge is 0.0916 e. The van der Waals surface area contributed by atoms with Gasteiger partial charge in [-0.3, -0.25) is 0 Å². The molecular weight excluding hydrogens is 318 g/mol. The average molecular weight is 342 g/mol. The van der Waals surface area contributed by atoms with Crippen LogP contribution in [0.4, 0.5) is 0 Å². The van der Waals surface area contributed by atoms with Crippen LogP contribution in [0.3, 0.4) is 0 Å². The maximum atomic E-state index is 10.4. The summed E-state index contributed by atoms with van der Waals surface area (Å²) in [6.07, 6.45) is 7.56. The normalized spacial score (nSPS) is 17.2. The Bertz CT molecular complexity index is 657. The monoisotopic (exact) mass is 341 g/mol. The molecule has 0 radical (unpaired) electrons. The van der Waals surface area contributed by atoms with E-state index in [0.717, 1.165) is 41.3 Å². The van der Waals surface area contributed by atoms with Gasteiger partial charge in [0.2, 0.25) is 0 Å². The lowest BCUT2D eigenvalue weighted by Gasteiger charge is -2.28. The molecule has 1 aliphatic heterocycles. The first kappa shape index (κ1) is 17.2. The Balaban J connectivity index is 1.59. The van der Waals surface area contributed by atoms with E-state index in [2.05, 4.69) is 29.2 Å². The molecule has 3 rings (SSSR count). The largest absolute Gasteiger partial charge is 0.387 e. The molecule has 2 nitrogen and oxygen atoms in total. The third-order valence-electron chi connectivity index (χ3n) is 4.54. The van der Waals surface area contributed by atoms with Gasteiger partial charge in [0.25, 0.3) is 0 Å². The van der Waals surface area contributed by atoms with Gasteiger partial charge >= 0.3 is 0 Å². The molecule has 24 heavy (non-hydrogen) atoms. The zero-order valence-corrected chi connectivity index (χ0v) is 14.6. The second-order valence-electron chi connectivity index (χ2n) is 6.43. The maximum Gasteiger partial charge on any atom is 0.0916 e. The fourth-order valence-electron chi connectivity index (χ4n) is 3.09. The van der Waals surface area contributed by atoms with Crippen molar-refractivity contribution in [1.82, 2.24) is 4.90 Å².